The molecule has 0 spiro atoms. The van der Waals surface area contributed by atoms with E-state index in [0.717, 1.165) is 10.1 Å². The van der Waals surface area contributed by atoms with Crippen molar-refractivity contribution < 1.29 is 4.79 Å². The molecule has 0 aliphatic rings. The van der Waals surface area contributed by atoms with Gasteiger partial charge in [-0.3, -0.25) is 18.7 Å². The molecule has 0 aliphatic carbocycles. The van der Waals surface area contributed by atoms with Gasteiger partial charge in [-0.2, -0.15) is 0 Å². The van der Waals surface area contributed by atoms with Crippen molar-refractivity contribution in [1.29, 1.82) is 0 Å². The van der Waals surface area contributed by atoms with Gasteiger partial charge >= 0.3 is 5.69 Å². The number of carbonyl (C=O) groups excluding carboxylic acids is 1. The second kappa shape index (κ2) is 6.26. The van der Waals surface area contributed by atoms with Crippen molar-refractivity contribution in [2.45, 2.75) is 13.5 Å². The van der Waals surface area contributed by atoms with E-state index in [2.05, 4.69) is 5.32 Å². The number of aromatic nitrogens is 2. The molecule has 1 N–H and O–H groups in total. The van der Waals surface area contributed by atoms with Crippen LogP contribution in [0, 0.1) is 6.92 Å². The van der Waals surface area contributed by atoms with Gasteiger partial charge in [-0.1, -0.05) is 23.7 Å². The normalized spacial score (nSPS) is 11.0. The molecule has 3 rings (SSSR count). The number of carbonyl (C=O) groups is 1. The van der Waals surface area contributed by atoms with Crippen LogP contribution in [0.1, 0.15) is 5.56 Å². The third-order valence-corrected chi connectivity index (χ3v) is 4.95. The second-order valence-corrected chi connectivity index (χ2v) is 6.67. The Morgan fingerprint density at radius 3 is 2.75 bits per heavy atom. The number of hydrogen-bond donors (Lipinski definition) is 1. The zero-order valence-electron chi connectivity index (χ0n) is 13.0. The molecule has 1 amide bonds. The lowest BCUT2D eigenvalue weighted by Crippen LogP contribution is -2.39. The van der Waals surface area contributed by atoms with Crippen LogP contribution in [0.2, 0.25) is 5.02 Å². The quantitative estimate of drug-likeness (QED) is 0.776. The molecule has 124 valence electrons. The fraction of sp³-hybridized carbons (Fsp3) is 0.188. The van der Waals surface area contributed by atoms with Crippen LogP contribution in [-0.2, 0) is 18.4 Å². The van der Waals surface area contributed by atoms with E-state index in [-0.39, 0.29) is 18.0 Å². The minimum Gasteiger partial charge on any atom is -0.323 e. The lowest BCUT2D eigenvalue weighted by atomic mass is 10.2. The topological polar surface area (TPSA) is 73.1 Å². The Morgan fingerprint density at radius 1 is 1.29 bits per heavy atom. The summed E-state index contributed by atoms with van der Waals surface area (Å²) in [5.74, 6) is -0.389. The lowest BCUT2D eigenvalue weighted by Gasteiger charge is -2.12. The highest BCUT2D eigenvalue weighted by atomic mass is 35.5. The minimum absolute atomic E-state index is 0.204. The summed E-state index contributed by atoms with van der Waals surface area (Å²) in [6.45, 7) is 1.63. The molecule has 0 radical (unpaired) electrons. The van der Waals surface area contributed by atoms with Crippen molar-refractivity contribution in [3.05, 3.63) is 61.1 Å². The summed E-state index contributed by atoms with van der Waals surface area (Å²) in [5.41, 5.74) is 0.910. The Morgan fingerprint density at radius 2 is 2.04 bits per heavy atom. The molecule has 0 fully saturated rings. The summed E-state index contributed by atoms with van der Waals surface area (Å²) in [6.07, 6.45) is 0. The van der Waals surface area contributed by atoms with Crippen LogP contribution in [0.25, 0.3) is 10.2 Å². The molecule has 0 unspecified atom stereocenters. The number of nitrogens with one attached hydrogen (secondary N) is 1. The van der Waals surface area contributed by atoms with Crippen LogP contribution >= 0.6 is 22.9 Å². The van der Waals surface area contributed by atoms with Crippen LogP contribution in [0.3, 0.4) is 0 Å². The summed E-state index contributed by atoms with van der Waals surface area (Å²) in [7, 11) is 1.40. The Hall–Kier alpha value is -2.38. The van der Waals surface area contributed by atoms with E-state index in [1.54, 1.807) is 23.6 Å². The van der Waals surface area contributed by atoms with E-state index < -0.39 is 5.69 Å². The summed E-state index contributed by atoms with van der Waals surface area (Å²) < 4.78 is 2.74. The van der Waals surface area contributed by atoms with E-state index in [0.29, 0.717) is 20.9 Å². The van der Waals surface area contributed by atoms with Crippen molar-refractivity contribution in [2.75, 3.05) is 5.32 Å². The highest BCUT2D eigenvalue weighted by Gasteiger charge is 2.15. The first kappa shape index (κ1) is 16.5. The average Bonchev–Trinajstić information content (AvgIpc) is 3.03. The van der Waals surface area contributed by atoms with Gasteiger partial charge in [-0.15, -0.1) is 11.3 Å². The molecular formula is C16H14ClN3O3S. The van der Waals surface area contributed by atoms with Gasteiger partial charge in [0.2, 0.25) is 5.91 Å². The Bertz CT molecular complexity index is 1040. The Labute approximate surface area is 145 Å². The molecule has 8 heteroatoms. The molecule has 0 saturated carbocycles. The van der Waals surface area contributed by atoms with Gasteiger partial charge in [0.05, 0.1) is 16.2 Å². The molecule has 2 heterocycles. The fourth-order valence-corrected chi connectivity index (χ4v) is 3.60. The van der Waals surface area contributed by atoms with E-state index in [9.17, 15) is 14.4 Å². The summed E-state index contributed by atoms with van der Waals surface area (Å²) in [6, 6.07) is 6.97. The largest absolute Gasteiger partial charge is 0.331 e. The van der Waals surface area contributed by atoms with E-state index in [1.165, 1.54) is 23.0 Å². The number of para-hydroxylation sites is 1. The maximum Gasteiger partial charge on any atom is 0.331 e. The third kappa shape index (κ3) is 2.76. The number of rotatable bonds is 3. The Balaban J connectivity index is 1.99. The first-order chi connectivity index (χ1) is 11.4. The third-order valence-electron chi connectivity index (χ3n) is 3.74. The van der Waals surface area contributed by atoms with Crippen LogP contribution in [-0.4, -0.2) is 15.0 Å². The maximum absolute atomic E-state index is 12.4. The first-order valence-electron chi connectivity index (χ1n) is 7.12. The molecule has 24 heavy (non-hydrogen) atoms. The monoisotopic (exact) mass is 363 g/mol. The van der Waals surface area contributed by atoms with E-state index in [1.807, 2.05) is 13.0 Å². The van der Waals surface area contributed by atoms with Gasteiger partial charge in [-0.05, 0) is 30.0 Å². The highest BCUT2D eigenvalue weighted by molar-refractivity contribution is 7.17. The van der Waals surface area contributed by atoms with Gasteiger partial charge in [0.15, 0.2) is 0 Å². The fourth-order valence-electron chi connectivity index (χ4n) is 2.46. The van der Waals surface area contributed by atoms with Crippen molar-refractivity contribution in [3.8, 4) is 0 Å². The average molecular weight is 364 g/mol. The molecule has 1 aromatic carbocycles. The highest BCUT2D eigenvalue weighted by Crippen LogP contribution is 2.25. The zero-order valence-corrected chi connectivity index (χ0v) is 14.6. The van der Waals surface area contributed by atoms with Gasteiger partial charge in [0.25, 0.3) is 5.56 Å². The van der Waals surface area contributed by atoms with Crippen LogP contribution in [0.5, 0.6) is 0 Å². The number of aryl methyl sites for hydroxylation is 1. The predicted octanol–water partition coefficient (Wildman–Crippen LogP) is 2.36. The van der Waals surface area contributed by atoms with Gasteiger partial charge in [-0.25, -0.2) is 4.79 Å². The lowest BCUT2D eigenvalue weighted by molar-refractivity contribution is -0.116. The maximum atomic E-state index is 12.4. The standard InChI is InChI=1S/C16H14ClN3O3S/c1-9-4-3-5-10(17)13(9)18-12(21)8-20-11-6-7-24-14(11)15(22)19(2)16(20)23/h3-7H,8H2,1-2H3,(H,18,21). The van der Waals surface area contributed by atoms with Crippen LogP contribution in [0.4, 0.5) is 5.69 Å². The first-order valence-corrected chi connectivity index (χ1v) is 8.38. The number of amides is 1. The summed E-state index contributed by atoms with van der Waals surface area (Å²) >= 11 is 7.35. The van der Waals surface area contributed by atoms with Crippen molar-refractivity contribution in [3.63, 3.8) is 0 Å². The number of nitrogens with zero attached hydrogens (tertiary/aromatic N) is 2. The number of benzene rings is 1. The van der Waals surface area contributed by atoms with Gasteiger partial charge < -0.3 is 5.32 Å². The number of hydrogen-bond acceptors (Lipinski definition) is 4. The van der Waals surface area contributed by atoms with Crippen molar-refractivity contribution >= 4 is 44.7 Å². The summed E-state index contributed by atoms with van der Waals surface area (Å²) in [4.78, 5) is 36.8. The number of halogens is 1. The van der Waals surface area contributed by atoms with Crippen LogP contribution in [0.15, 0.2) is 39.2 Å². The Kier molecular flexibility index (Phi) is 4.29. The number of fused-ring (bicyclic) bond motifs is 1. The van der Waals surface area contributed by atoms with E-state index >= 15 is 0 Å². The number of thiophene rings is 1. The predicted molar refractivity (Wildman–Crippen MR) is 96.1 cm³/mol. The van der Waals surface area contributed by atoms with Crippen molar-refractivity contribution in [2.24, 2.45) is 7.05 Å². The molecular weight excluding hydrogens is 350 g/mol. The van der Waals surface area contributed by atoms with E-state index in [4.69, 9.17) is 11.6 Å². The molecule has 6 nitrogen and oxygen atoms in total. The molecule has 2 aromatic heterocycles. The second-order valence-electron chi connectivity index (χ2n) is 5.35. The summed E-state index contributed by atoms with van der Waals surface area (Å²) in [5, 5.41) is 4.88. The zero-order chi connectivity index (χ0) is 17.4. The van der Waals surface area contributed by atoms with Crippen LogP contribution < -0.4 is 16.6 Å². The molecule has 3 aromatic rings. The smallest absolute Gasteiger partial charge is 0.323 e. The van der Waals surface area contributed by atoms with Gasteiger partial charge in [0, 0.05) is 7.05 Å². The van der Waals surface area contributed by atoms with Gasteiger partial charge in [0.1, 0.15) is 11.2 Å². The minimum atomic E-state index is -0.531. The molecule has 0 aliphatic heterocycles. The number of anilines is 1. The molecule has 0 bridgehead atoms. The van der Waals surface area contributed by atoms with Crippen molar-refractivity contribution in [1.82, 2.24) is 9.13 Å². The molecule has 0 saturated heterocycles. The SMILES string of the molecule is Cc1cccc(Cl)c1NC(=O)Cn1c(=O)n(C)c(=O)c2sccc21. The molecule has 0 atom stereocenters.